The largest absolute Gasteiger partial charge is 0.480 e. The zero-order chi connectivity index (χ0) is 24.2. The van der Waals surface area contributed by atoms with Gasteiger partial charge in [-0.05, 0) is 34.6 Å². The summed E-state index contributed by atoms with van der Waals surface area (Å²) in [7, 11) is 0. The van der Waals surface area contributed by atoms with Gasteiger partial charge in [0.2, 0.25) is 5.91 Å². The number of carboxylic acid groups (broad SMARTS) is 1. The van der Waals surface area contributed by atoms with E-state index < -0.39 is 30.1 Å². The molecule has 3 N–H and O–H groups in total. The van der Waals surface area contributed by atoms with Gasteiger partial charge in [-0.3, -0.25) is 4.79 Å². The SMILES string of the molecule is CC(C)[C@@H](NC(=O)C1OCCC1CNC(=O)OCC1c2ccccc2-c2ccccc21)C(=O)O. The lowest BCUT2D eigenvalue weighted by atomic mass is 9.98. The van der Waals surface area contributed by atoms with Crippen LogP contribution >= 0.6 is 0 Å². The van der Waals surface area contributed by atoms with Gasteiger partial charge in [-0.1, -0.05) is 62.4 Å². The second-order valence-electron chi connectivity index (χ2n) is 9.12. The smallest absolute Gasteiger partial charge is 0.407 e. The number of aliphatic carboxylic acids is 1. The fourth-order valence-corrected chi connectivity index (χ4v) is 4.75. The van der Waals surface area contributed by atoms with E-state index in [0.717, 1.165) is 22.3 Å². The van der Waals surface area contributed by atoms with E-state index in [0.29, 0.717) is 13.0 Å². The zero-order valence-corrected chi connectivity index (χ0v) is 19.3. The van der Waals surface area contributed by atoms with Crippen LogP contribution in [0, 0.1) is 11.8 Å². The number of carboxylic acids is 1. The van der Waals surface area contributed by atoms with Crippen molar-refractivity contribution in [2.24, 2.45) is 11.8 Å². The summed E-state index contributed by atoms with van der Waals surface area (Å²) in [6, 6.07) is 15.2. The summed E-state index contributed by atoms with van der Waals surface area (Å²) >= 11 is 0. The highest BCUT2D eigenvalue weighted by atomic mass is 16.5. The molecule has 2 aromatic rings. The van der Waals surface area contributed by atoms with Crippen molar-refractivity contribution in [2.75, 3.05) is 19.8 Å². The summed E-state index contributed by atoms with van der Waals surface area (Å²) in [5.41, 5.74) is 4.58. The van der Waals surface area contributed by atoms with E-state index in [-0.39, 0.29) is 30.9 Å². The quantitative estimate of drug-likeness (QED) is 0.551. The molecular formula is C26H30N2O6. The van der Waals surface area contributed by atoms with Gasteiger partial charge < -0.3 is 25.2 Å². The number of carbonyl (C=O) groups excluding carboxylic acids is 2. The molecule has 0 bridgehead atoms. The summed E-state index contributed by atoms with van der Waals surface area (Å²) in [5.74, 6) is -2.12. The third-order valence-corrected chi connectivity index (χ3v) is 6.56. The van der Waals surface area contributed by atoms with Gasteiger partial charge in [0.15, 0.2) is 0 Å². The van der Waals surface area contributed by atoms with Crippen molar-refractivity contribution in [3.8, 4) is 11.1 Å². The van der Waals surface area contributed by atoms with Crippen molar-refractivity contribution in [1.82, 2.24) is 10.6 Å². The molecule has 1 aliphatic carbocycles. The van der Waals surface area contributed by atoms with Gasteiger partial charge in [-0.15, -0.1) is 0 Å². The first-order valence-electron chi connectivity index (χ1n) is 11.6. The van der Waals surface area contributed by atoms with Gasteiger partial charge >= 0.3 is 12.1 Å². The molecule has 8 nitrogen and oxygen atoms in total. The molecule has 0 radical (unpaired) electrons. The van der Waals surface area contributed by atoms with E-state index in [9.17, 15) is 19.5 Å². The predicted octanol–water partition coefficient (Wildman–Crippen LogP) is 3.16. The van der Waals surface area contributed by atoms with Gasteiger partial charge in [0.1, 0.15) is 18.8 Å². The monoisotopic (exact) mass is 466 g/mol. The van der Waals surface area contributed by atoms with Gasteiger partial charge in [-0.2, -0.15) is 0 Å². The first-order chi connectivity index (χ1) is 16.4. The lowest BCUT2D eigenvalue weighted by Crippen LogP contribution is -2.50. The number of carbonyl (C=O) groups is 3. The van der Waals surface area contributed by atoms with Crippen molar-refractivity contribution in [3.05, 3.63) is 59.7 Å². The van der Waals surface area contributed by atoms with Crippen LogP contribution in [-0.4, -0.2) is 55.0 Å². The Morgan fingerprint density at radius 2 is 1.68 bits per heavy atom. The topological polar surface area (TPSA) is 114 Å². The third-order valence-electron chi connectivity index (χ3n) is 6.56. The zero-order valence-electron chi connectivity index (χ0n) is 19.3. The summed E-state index contributed by atoms with van der Waals surface area (Å²) in [4.78, 5) is 36.5. The van der Waals surface area contributed by atoms with Crippen molar-refractivity contribution in [3.63, 3.8) is 0 Å². The minimum Gasteiger partial charge on any atom is -0.480 e. The Hall–Kier alpha value is -3.39. The molecule has 0 saturated carbocycles. The number of benzene rings is 2. The summed E-state index contributed by atoms with van der Waals surface area (Å²) < 4.78 is 11.1. The van der Waals surface area contributed by atoms with E-state index in [1.165, 1.54) is 0 Å². The van der Waals surface area contributed by atoms with Crippen LogP contribution in [0.2, 0.25) is 0 Å². The highest BCUT2D eigenvalue weighted by Gasteiger charge is 2.37. The molecule has 2 amide bonds. The predicted molar refractivity (Wildman–Crippen MR) is 125 cm³/mol. The van der Waals surface area contributed by atoms with E-state index in [4.69, 9.17) is 9.47 Å². The molecule has 1 aliphatic heterocycles. The average molecular weight is 467 g/mol. The van der Waals surface area contributed by atoms with Crippen LogP contribution in [0.4, 0.5) is 4.79 Å². The van der Waals surface area contributed by atoms with Crippen LogP contribution in [0.5, 0.6) is 0 Å². The fourth-order valence-electron chi connectivity index (χ4n) is 4.75. The summed E-state index contributed by atoms with van der Waals surface area (Å²) in [6.07, 6.45) is -0.783. The summed E-state index contributed by atoms with van der Waals surface area (Å²) in [5, 5.41) is 14.6. The Morgan fingerprint density at radius 1 is 1.06 bits per heavy atom. The third kappa shape index (κ3) is 4.92. The van der Waals surface area contributed by atoms with Gasteiger partial charge in [0.25, 0.3) is 0 Å². The Morgan fingerprint density at radius 3 is 2.26 bits per heavy atom. The average Bonchev–Trinajstić information content (AvgIpc) is 3.42. The van der Waals surface area contributed by atoms with E-state index in [1.807, 2.05) is 24.3 Å². The molecule has 180 valence electrons. The van der Waals surface area contributed by atoms with Crippen molar-refractivity contribution < 1.29 is 29.0 Å². The molecule has 0 spiro atoms. The Balaban J connectivity index is 1.31. The van der Waals surface area contributed by atoms with Gasteiger partial charge in [0, 0.05) is 25.0 Å². The minimum absolute atomic E-state index is 0.0320. The number of fused-ring (bicyclic) bond motifs is 3. The number of nitrogens with one attached hydrogen (secondary N) is 2. The van der Waals surface area contributed by atoms with Gasteiger partial charge in [0.05, 0.1) is 0 Å². The molecule has 1 heterocycles. The molecule has 1 saturated heterocycles. The van der Waals surface area contributed by atoms with E-state index >= 15 is 0 Å². The van der Waals surface area contributed by atoms with Crippen molar-refractivity contribution >= 4 is 18.0 Å². The number of rotatable bonds is 8. The lowest BCUT2D eigenvalue weighted by Gasteiger charge is -2.23. The highest BCUT2D eigenvalue weighted by molar-refractivity contribution is 5.87. The maximum Gasteiger partial charge on any atom is 0.407 e. The van der Waals surface area contributed by atoms with Crippen molar-refractivity contribution in [2.45, 2.75) is 38.3 Å². The number of alkyl carbamates (subject to hydrolysis) is 1. The van der Waals surface area contributed by atoms with Crippen LogP contribution < -0.4 is 10.6 Å². The van der Waals surface area contributed by atoms with Crippen LogP contribution in [0.25, 0.3) is 11.1 Å². The second kappa shape index (κ2) is 10.3. The van der Waals surface area contributed by atoms with Gasteiger partial charge in [-0.25, -0.2) is 9.59 Å². The molecular weight excluding hydrogens is 436 g/mol. The molecule has 34 heavy (non-hydrogen) atoms. The molecule has 3 atom stereocenters. The second-order valence-corrected chi connectivity index (χ2v) is 9.12. The molecule has 4 rings (SSSR count). The molecule has 0 aromatic heterocycles. The molecule has 2 aliphatic rings. The fraction of sp³-hybridized carbons (Fsp3) is 0.423. The number of hydrogen-bond acceptors (Lipinski definition) is 5. The maximum atomic E-state index is 12.6. The lowest BCUT2D eigenvalue weighted by molar-refractivity contribution is -0.145. The molecule has 8 heteroatoms. The first kappa shape index (κ1) is 23.8. The number of amides is 2. The molecule has 2 aromatic carbocycles. The molecule has 1 fully saturated rings. The number of ether oxygens (including phenoxy) is 2. The van der Waals surface area contributed by atoms with Crippen molar-refractivity contribution in [1.29, 1.82) is 0 Å². The maximum absolute atomic E-state index is 12.6. The van der Waals surface area contributed by atoms with Crippen LogP contribution in [-0.2, 0) is 19.1 Å². The molecule has 2 unspecified atom stereocenters. The van der Waals surface area contributed by atoms with Crippen LogP contribution in [0.3, 0.4) is 0 Å². The number of hydrogen-bond donors (Lipinski definition) is 3. The highest BCUT2D eigenvalue weighted by Crippen LogP contribution is 2.44. The van der Waals surface area contributed by atoms with Crippen LogP contribution in [0.15, 0.2) is 48.5 Å². The Kier molecular flexibility index (Phi) is 7.17. The first-order valence-corrected chi connectivity index (χ1v) is 11.6. The van der Waals surface area contributed by atoms with E-state index in [2.05, 4.69) is 34.9 Å². The Bertz CT molecular complexity index is 1020. The van der Waals surface area contributed by atoms with Crippen LogP contribution in [0.1, 0.15) is 37.3 Å². The summed E-state index contributed by atoms with van der Waals surface area (Å²) in [6.45, 7) is 4.23. The normalized spacial score (nSPS) is 19.9. The minimum atomic E-state index is -1.09. The Labute approximate surface area is 198 Å². The van der Waals surface area contributed by atoms with E-state index in [1.54, 1.807) is 13.8 Å². The standard InChI is InChI=1S/C26H30N2O6/c1-15(2)22(25(30)31)28-24(29)23-16(11-12-33-23)13-27-26(32)34-14-21-19-9-5-3-7-17(19)18-8-4-6-10-20(18)21/h3-10,15-16,21-23H,11-14H2,1-2H3,(H,27,32)(H,28,29)(H,30,31)/t16?,22-,23?/m1/s1.